The summed E-state index contributed by atoms with van der Waals surface area (Å²) < 4.78 is 0. The topological polar surface area (TPSA) is 17.1 Å². The fraction of sp³-hybridized carbons (Fsp3) is 0.967. The van der Waals surface area contributed by atoms with E-state index < -0.39 is 0 Å². The van der Waals surface area contributed by atoms with Gasteiger partial charge < -0.3 is 0 Å². The van der Waals surface area contributed by atoms with E-state index in [0.717, 1.165) is 25.7 Å². The Morgan fingerprint density at radius 2 is 0.516 bits per heavy atom. The zero-order valence-corrected chi connectivity index (χ0v) is 22.0. The second-order valence-corrected chi connectivity index (χ2v) is 10.2. The van der Waals surface area contributed by atoms with Crippen LogP contribution in [0.5, 0.6) is 0 Å². The predicted octanol–water partition coefficient (Wildman–Crippen LogP) is 11.1. The highest BCUT2D eigenvalue weighted by molar-refractivity contribution is 5.78. The Morgan fingerprint density at radius 1 is 0.323 bits per heavy atom. The van der Waals surface area contributed by atoms with Gasteiger partial charge in [-0.2, -0.15) is 0 Å². The maximum Gasteiger partial charge on any atom is 0.132 e. The first kappa shape index (κ1) is 30.7. The van der Waals surface area contributed by atoms with Crippen LogP contribution in [0.15, 0.2) is 0 Å². The molecule has 0 atom stereocenters. The van der Waals surface area contributed by atoms with E-state index in [0.29, 0.717) is 5.78 Å². The van der Waals surface area contributed by atoms with Crippen molar-refractivity contribution in [3.8, 4) is 0 Å². The standard InChI is InChI=1S/C30H60O/c1-3-5-7-9-11-12-13-14-15-16-17-18-19-20-21-22-23-25-27-29-30(31)28-26-24-10-8-6-4-2/h3-29H2,1-2H3. The number of unbranched alkanes of at least 4 members (excludes halogenated alkanes) is 23. The van der Waals surface area contributed by atoms with Gasteiger partial charge in [0.25, 0.3) is 0 Å². The molecule has 186 valence electrons. The molecule has 0 fully saturated rings. The molecule has 0 aliphatic carbocycles. The normalized spacial score (nSPS) is 11.3. The summed E-state index contributed by atoms with van der Waals surface area (Å²) in [6, 6.07) is 0. The predicted molar refractivity (Wildman–Crippen MR) is 141 cm³/mol. The Labute approximate surface area is 197 Å². The first-order valence-electron chi connectivity index (χ1n) is 14.8. The molecular formula is C30H60O. The van der Waals surface area contributed by atoms with Crippen molar-refractivity contribution < 1.29 is 4.79 Å². The Bertz CT molecular complexity index is 335. The highest BCUT2D eigenvalue weighted by Gasteiger charge is 2.02. The molecule has 1 nitrogen and oxygen atoms in total. The van der Waals surface area contributed by atoms with Crippen LogP contribution < -0.4 is 0 Å². The molecule has 0 N–H and O–H groups in total. The van der Waals surface area contributed by atoms with Gasteiger partial charge in [-0.15, -0.1) is 0 Å². The zero-order valence-electron chi connectivity index (χ0n) is 22.0. The van der Waals surface area contributed by atoms with Crippen LogP contribution >= 0.6 is 0 Å². The summed E-state index contributed by atoms with van der Waals surface area (Å²) >= 11 is 0. The van der Waals surface area contributed by atoms with Gasteiger partial charge in [0.05, 0.1) is 0 Å². The number of hydrogen-bond donors (Lipinski definition) is 0. The van der Waals surface area contributed by atoms with Gasteiger partial charge in [0, 0.05) is 12.8 Å². The van der Waals surface area contributed by atoms with Crippen LogP contribution in [0.1, 0.15) is 187 Å². The summed E-state index contributed by atoms with van der Waals surface area (Å²) in [6.45, 7) is 4.55. The number of carbonyl (C=O) groups is 1. The molecule has 0 amide bonds. The van der Waals surface area contributed by atoms with E-state index in [1.54, 1.807) is 0 Å². The molecule has 0 aliphatic heterocycles. The highest BCUT2D eigenvalue weighted by Crippen LogP contribution is 2.15. The lowest BCUT2D eigenvalue weighted by Gasteiger charge is -2.04. The lowest BCUT2D eigenvalue weighted by molar-refractivity contribution is -0.119. The monoisotopic (exact) mass is 436 g/mol. The molecule has 0 saturated heterocycles. The molecule has 0 aromatic carbocycles. The average Bonchev–Trinajstić information content (AvgIpc) is 2.77. The quantitative estimate of drug-likeness (QED) is 0.117. The Hall–Kier alpha value is -0.330. The third-order valence-corrected chi connectivity index (χ3v) is 6.87. The molecule has 0 aliphatic rings. The summed E-state index contributed by atoms with van der Waals surface area (Å²) in [5.74, 6) is 0.516. The molecule has 1 heteroatoms. The van der Waals surface area contributed by atoms with Gasteiger partial charge in [0.1, 0.15) is 5.78 Å². The van der Waals surface area contributed by atoms with Crippen LogP contribution in [0.25, 0.3) is 0 Å². The van der Waals surface area contributed by atoms with E-state index in [9.17, 15) is 4.79 Å². The largest absolute Gasteiger partial charge is 0.300 e. The summed E-state index contributed by atoms with van der Waals surface area (Å²) in [7, 11) is 0. The third-order valence-electron chi connectivity index (χ3n) is 6.87. The summed E-state index contributed by atoms with van der Waals surface area (Å²) in [4.78, 5) is 11.9. The van der Waals surface area contributed by atoms with Crippen LogP contribution in [-0.4, -0.2) is 5.78 Å². The van der Waals surface area contributed by atoms with Crippen LogP contribution in [0.4, 0.5) is 0 Å². The molecule has 0 bridgehead atoms. The van der Waals surface area contributed by atoms with Crippen molar-refractivity contribution in [3.63, 3.8) is 0 Å². The van der Waals surface area contributed by atoms with Gasteiger partial charge in [-0.05, 0) is 12.8 Å². The lowest BCUT2D eigenvalue weighted by atomic mass is 10.0. The molecule has 0 radical (unpaired) electrons. The molecule has 0 unspecified atom stereocenters. The van der Waals surface area contributed by atoms with Crippen LogP contribution in [0.3, 0.4) is 0 Å². The molecule has 0 aromatic rings. The van der Waals surface area contributed by atoms with E-state index in [1.165, 1.54) is 148 Å². The minimum Gasteiger partial charge on any atom is -0.300 e. The smallest absolute Gasteiger partial charge is 0.132 e. The number of ketones is 1. The van der Waals surface area contributed by atoms with Crippen molar-refractivity contribution in [2.24, 2.45) is 0 Å². The van der Waals surface area contributed by atoms with Gasteiger partial charge in [-0.1, -0.05) is 162 Å². The minimum absolute atomic E-state index is 0.516. The fourth-order valence-electron chi connectivity index (χ4n) is 4.63. The van der Waals surface area contributed by atoms with Gasteiger partial charge >= 0.3 is 0 Å². The molecular weight excluding hydrogens is 376 g/mol. The van der Waals surface area contributed by atoms with E-state index in [2.05, 4.69) is 13.8 Å². The second-order valence-electron chi connectivity index (χ2n) is 10.2. The maximum atomic E-state index is 11.9. The number of rotatable bonds is 27. The maximum absolute atomic E-state index is 11.9. The van der Waals surface area contributed by atoms with Crippen LogP contribution in [-0.2, 0) is 4.79 Å². The van der Waals surface area contributed by atoms with Crippen LogP contribution in [0.2, 0.25) is 0 Å². The SMILES string of the molecule is CCCCCCCCCCCCCCCCCCCCCC(=O)CCCCCCCC. The molecule has 0 aromatic heterocycles. The Kier molecular flexibility index (Phi) is 27.4. The number of carbonyl (C=O) groups excluding carboxylic acids is 1. The van der Waals surface area contributed by atoms with Crippen molar-refractivity contribution >= 4 is 5.78 Å². The van der Waals surface area contributed by atoms with Crippen molar-refractivity contribution in [1.82, 2.24) is 0 Å². The summed E-state index contributed by atoms with van der Waals surface area (Å²) in [5, 5.41) is 0. The van der Waals surface area contributed by atoms with Gasteiger partial charge in [-0.25, -0.2) is 0 Å². The van der Waals surface area contributed by atoms with Crippen molar-refractivity contribution in [3.05, 3.63) is 0 Å². The van der Waals surface area contributed by atoms with E-state index in [-0.39, 0.29) is 0 Å². The van der Waals surface area contributed by atoms with Crippen LogP contribution in [0, 0.1) is 0 Å². The van der Waals surface area contributed by atoms with Crippen molar-refractivity contribution in [2.45, 2.75) is 187 Å². The Balaban J connectivity index is 3.09. The van der Waals surface area contributed by atoms with E-state index in [4.69, 9.17) is 0 Å². The fourth-order valence-corrected chi connectivity index (χ4v) is 4.63. The Morgan fingerprint density at radius 3 is 0.742 bits per heavy atom. The summed E-state index contributed by atoms with van der Waals surface area (Å²) in [6.07, 6.45) is 36.2. The molecule has 0 rings (SSSR count). The zero-order chi connectivity index (χ0) is 22.7. The minimum atomic E-state index is 0.516. The molecule has 0 saturated carbocycles. The summed E-state index contributed by atoms with van der Waals surface area (Å²) in [5.41, 5.74) is 0. The van der Waals surface area contributed by atoms with Gasteiger partial charge in [0.2, 0.25) is 0 Å². The first-order chi connectivity index (χ1) is 15.3. The van der Waals surface area contributed by atoms with E-state index in [1.807, 2.05) is 0 Å². The number of hydrogen-bond acceptors (Lipinski definition) is 1. The average molecular weight is 437 g/mol. The number of Topliss-reactive ketones (excluding diaryl/α,β-unsaturated/α-hetero) is 1. The molecule has 31 heavy (non-hydrogen) atoms. The highest BCUT2D eigenvalue weighted by atomic mass is 16.1. The van der Waals surface area contributed by atoms with Crippen molar-refractivity contribution in [1.29, 1.82) is 0 Å². The second kappa shape index (κ2) is 27.7. The van der Waals surface area contributed by atoms with Gasteiger partial charge in [-0.3, -0.25) is 4.79 Å². The van der Waals surface area contributed by atoms with E-state index >= 15 is 0 Å². The molecule has 0 heterocycles. The van der Waals surface area contributed by atoms with Gasteiger partial charge in [0.15, 0.2) is 0 Å². The third kappa shape index (κ3) is 27.6. The van der Waals surface area contributed by atoms with Crippen molar-refractivity contribution in [2.75, 3.05) is 0 Å². The molecule has 0 spiro atoms. The first-order valence-corrected chi connectivity index (χ1v) is 14.8. The lowest BCUT2D eigenvalue weighted by Crippen LogP contribution is -1.97.